The molecule has 0 fully saturated rings. The molecule has 1 aliphatic rings. The number of hydrogen-bond donors (Lipinski definition) is 3. The summed E-state index contributed by atoms with van der Waals surface area (Å²) in [4.78, 5) is 24.0. The average molecular weight is 484 g/mol. The third kappa shape index (κ3) is 4.53. The van der Waals surface area contributed by atoms with Gasteiger partial charge in [0, 0.05) is 17.8 Å². The van der Waals surface area contributed by atoms with Gasteiger partial charge in [0.1, 0.15) is 23.4 Å². The number of nitrogens with zero attached hydrogens (tertiary/aromatic N) is 1. The van der Waals surface area contributed by atoms with E-state index in [-0.39, 0.29) is 0 Å². The largest absolute Gasteiger partial charge is 0.481 e. The number of carboxylic acids is 1. The summed E-state index contributed by atoms with van der Waals surface area (Å²) in [7, 11) is 0. The third-order valence-electron chi connectivity index (χ3n) is 6.35. The topological polar surface area (TPSA) is 114 Å². The summed E-state index contributed by atoms with van der Waals surface area (Å²) >= 11 is 0. The number of nitrogens with one attached hydrogen (secondary N) is 2. The van der Waals surface area contributed by atoms with Crippen molar-refractivity contribution in [3.63, 3.8) is 0 Å². The Kier molecular flexibility index (Phi) is 6.16. The van der Waals surface area contributed by atoms with Gasteiger partial charge in [-0.3, -0.25) is 10.1 Å². The van der Waals surface area contributed by atoms with Crippen LogP contribution in [0.4, 0.5) is 16.2 Å². The van der Waals surface area contributed by atoms with Crippen molar-refractivity contribution in [3.05, 3.63) is 89.6 Å². The van der Waals surface area contributed by atoms with Crippen molar-refractivity contribution in [1.29, 1.82) is 0 Å². The van der Waals surface area contributed by atoms with E-state index in [0.29, 0.717) is 23.7 Å². The normalized spacial score (nSPS) is 15.0. The predicted octanol–water partition coefficient (Wildman–Crippen LogP) is 6.22. The van der Waals surface area contributed by atoms with Crippen molar-refractivity contribution in [1.82, 2.24) is 5.16 Å². The molecule has 0 saturated heterocycles. The van der Waals surface area contributed by atoms with Crippen LogP contribution in [0, 0.1) is 6.92 Å². The van der Waals surface area contributed by atoms with Gasteiger partial charge in [0.25, 0.3) is 0 Å². The minimum Gasteiger partial charge on any atom is -0.481 e. The van der Waals surface area contributed by atoms with E-state index in [0.717, 1.165) is 33.5 Å². The fraction of sp³-hybridized carbons (Fsp3) is 0.179. The minimum atomic E-state index is -0.830. The van der Waals surface area contributed by atoms with Gasteiger partial charge in [0.05, 0.1) is 0 Å². The molecule has 1 aliphatic heterocycles. The molecule has 0 spiro atoms. The zero-order valence-corrected chi connectivity index (χ0v) is 19.8. The Labute approximate surface area is 207 Å². The summed E-state index contributed by atoms with van der Waals surface area (Å²) in [5, 5.41) is 19.3. The third-order valence-corrected chi connectivity index (χ3v) is 6.35. The van der Waals surface area contributed by atoms with E-state index in [1.807, 2.05) is 79.7 Å². The minimum absolute atomic E-state index is 0.389. The number of aryl methyl sites for hydroxylation is 1. The molecule has 5 rings (SSSR count). The summed E-state index contributed by atoms with van der Waals surface area (Å²) in [6.07, 6.45) is -1.01. The summed E-state index contributed by atoms with van der Waals surface area (Å²) in [5.41, 5.74) is 6.19. The van der Waals surface area contributed by atoms with Crippen LogP contribution in [0.1, 0.15) is 35.8 Å². The Balaban J connectivity index is 1.32. The number of carboxylic acid groups (broad SMARTS) is 1. The van der Waals surface area contributed by atoms with Crippen LogP contribution in [0.5, 0.6) is 0 Å². The van der Waals surface area contributed by atoms with Crippen molar-refractivity contribution < 1.29 is 24.0 Å². The lowest BCUT2D eigenvalue weighted by atomic mass is 9.97. The van der Waals surface area contributed by atoms with Crippen molar-refractivity contribution in [2.45, 2.75) is 25.9 Å². The van der Waals surface area contributed by atoms with E-state index in [1.54, 1.807) is 6.92 Å². The highest BCUT2D eigenvalue weighted by Crippen LogP contribution is 2.37. The van der Waals surface area contributed by atoms with E-state index < -0.39 is 24.1 Å². The number of amides is 1. The fourth-order valence-corrected chi connectivity index (χ4v) is 4.35. The molecule has 0 radical (unpaired) electrons. The maximum Gasteiger partial charge on any atom is 0.412 e. The van der Waals surface area contributed by atoms with Gasteiger partial charge in [0.15, 0.2) is 5.76 Å². The molecule has 0 aliphatic carbocycles. The second-order valence-corrected chi connectivity index (χ2v) is 8.71. The van der Waals surface area contributed by atoms with Crippen LogP contribution in [0.3, 0.4) is 0 Å². The molecule has 3 aromatic carbocycles. The lowest BCUT2D eigenvalue weighted by molar-refractivity contribution is -0.138. The Morgan fingerprint density at radius 2 is 1.75 bits per heavy atom. The molecule has 1 amide bonds. The molecule has 182 valence electrons. The summed E-state index contributed by atoms with van der Waals surface area (Å²) in [6, 6.07) is 22.9. The first-order chi connectivity index (χ1) is 17.4. The van der Waals surface area contributed by atoms with Crippen LogP contribution < -0.4 is 10.6 Å². The van der Waals surface area contributed by atoms with Crippen molar-refractivity contribution in [3.8, 4) is 22.5 Å². The lowest BCUT2D eigenvalue weighted by Crippen LogP contribution is -2.16. The number of rotatable bonds is 6. The zero-order chi connectivity index (χ0) is 25.2. The number of fused-ring (bicyclic) bond motifs is 1. The predicted molar refractivity (Wildman–Crippen MR) is 136 cm³/mol. The molecule has 4 aromatic rings. The van der Waals surface area contributed by atoms with E-state index in [2.05, 4.69) is 15.8 Å². The Hall–Kier alpha value is -4.59. The number of aliphatic carboxylic acids is 1. The van der Waals surface area contributed by atoms with Crippen LogP contribution in [0.2, 0.25) is 0 Å². The first kappa shape index (κ1) is 23.2. The van der Waals surface area contributed by atoms with Crippen molar-refractivity contribution in [2.75, 3.05) is 17.2 Å². The van der Waals surface area contributed by atoms with Gasteiger partial charge in [-0.05, 0) is 42.2 Å². The smallest absolute Gasteiger partial charge is 0.412 e. The molecule has 3 N–H and O–H groups in total. The Morgan fingerprint density at radius 3 is 2.47 bits per heavy atom. The zero-order valence-electron chi connectivity index (χ0n) is 19.8. The van der Waals surface area contributed by atoms with E-state index in [1.165, 1.54) is 0 Å². The molecule has 0 saturated carbocycles. The van der Waals surface area contributed by atoms with Gasteiger partial charge in [-0.25, -0.2) is 4.79 Å². The number of benzene rings is 3. The molecular weight excluding hydrogens is 458 g/mol. The van der Waals surface area contributed by atoms with Gasteiger partial charge < -0.3 is 19.7 Å². The number of hydrogen-bond acceptors (Lipinski definition) is 6. The first-order valence-electron chi connectivity index (χ1n) is 11.6. The van der Waals surface area contributed by atoms with Gasteiger partial charge in [-0.2, -0.15) is 0 Å². The van der Waals surface area contributed by atoms with Gasteiger partial charge >= 0.3 is 12.1 Å². The molecule has 2 heterocycles. The van der Waals surface area contributed by atoms with E-state index in [4.69, 9.17) is 9.26 Å². The molecule has 0 bridgehead atoms. The lowest BCUT2D eigenvalue weighted by Gasteiger charge is -2.14. The first-order valence-corrected chi connectivity index (χ1v) is 11.6. The van der Waals surface area contributed by atoms with Crippen LogP contribution in [-0.2, 0) is 9.53 Å². The molecule has 36 heavy (non-hydrogen) atoms. The van der Waals surface area contributed by atoms with Gasteiger partial charge in [-0.1, -0.05) is 71.9 Å². The average Bonchev–Trinajstić information content (AvgIpc) is 3.48. The van der Waals surface area contributed by atoms with Crippen LogP contribution in [0.15, 0.2) is 77.3 Å². The molecule has 2 atom stereocenters. The highest BCUT2D eigenvalue weighted by molar-refractivity contribution is 5.91. The number of anilines is 2. The van der Waals surface area contributed by atoms with E-state index in [9.17, 15) is 14.7 Å². The number of ether oxygens (including phenoxy) is 1. The second-order valence-electron chi connectivity index (χ2n) is 8.71. The molecule has 2 unspecified atom stereocenters. The molecule has 8 heteroatoms. The summed E-state index contributed by atoms with van der Waals surface area (Å²) in [5.74, 6) is -0.925. The van der Waals surface area contributed by atoms with Gasteiger partial charge in [-0.15, -0.1) is 0 Å². The number of aromatic nitrogens is 1. The molecule has 1 aromatic heterocycles. The van der Waals surface area contributed by atoms with Gasteiger partial charge in [0.2, 0.25) is 0 Å². The van der Waals surface area contributed by atoms with Crippen LogP contribution >= 0.6 is 0 Å². The number of carbonyl (C=O) groups is 2. The maximum absolute atomic E-state index is 12.6. The van der Waals surface area contributed by atoms with Crippen LogP contribution in [0.25, 0.3) is 22.5 Å². The van der Waals surface area contributed by atoms with Crippen LogP contribution in [-0.4, -0.2) is 28.9 Å². The monoisotopic (exact) mass is 483 g/mol. The Morgan fingerprint density at radius 1 is 1.06 bits per heavy atom. The molecular formula is C28H25N3O5. The highest BCUT2D eigenvalue weighted by Gasteiger charge is 2.28. The fourth-order valence-electron chi connectivity index (χ4n) is 4.35. The highest BCUT2D eigenvalue weighted by atomic mass is 16.6. The van der Waals surface area contributed by atoms with E-state index >= 15 is 0 Å². The quantitative estimate of drug-likeness (QED) is 0.298. The second kappa shape index (κ2) is 9.58. The summed E-state index contributed by atoms with van der Waals surface area (Å²) < 4.78 is 11.1. The van der Waals surface area contributed by atoms with Crippen molar-refractivity contribution >= 4 is 23.4 Å². The number of carbonyl (C=O) groups excluding carboxylic acids is 1. The Bertz CT molecular complexity index is 1410. The standard InChI is InChI=1S/C28H25N3O5/c1-16-25(30-28(34)35-17(2)18-6-4-3-5-7-18)26(36-31-16)20-10-8-19(9-11-20)21-12-13-22-23(27(32)33)15-29-24(22)14-21/h3-14,17,23,29H,15H2,1-2H3,(H,30,34)(H,32,33). The maximum atomic E-state index is 12.6. The summed E-state index contributed by atoms with van der Waals surface area (Å²) in [6.45, 7) is 3.95. The van der Waals surface area contributed by atoms with Crippen molar-refractivity contribution in [2.24, 2.45) is 0 Å². The molecule has 8 nitrogen and oxygen atoms in total. The SMILES string of the molecule is Cc1noc(-c2ccc(-c3ccc4c(c3)NCC4C(=O)O)cc2)c1NC(=O)OC(C)c1ccccc1.